The Morgan fingerprint density at radius 3 is 3.00 bits per heavy atom. The first-order chi connectivity index (χ1) is 7.86. The topological polar surface area (TPSA) is 55.6 Å². The zero-order valence-corrected chi connectivity index (χ0v) is 10.5. The maximum absolute atomic E-state index is 4.24. The summed E-state index contributed by atoms with van der Waals surface area (Å²) in [7, 11) is 0. The fourth-order valence-corrected chi connectivity index (χ4v) is 1.47. The van der Waals surface area contributed by atoms with Crippen LogP contribution in [0.5, 0.6) is 0 Å². The van der Waals surface area contributed by atoms with E-state index in [0.717, 1.165) is 25.3 Å². The summed E-state index contributed by atoms with van der Waals surface area (Å²) in [6.45, 7) is 4.57. The van der Waals surface area contributed by atoms with Crippen molar-refractivity contribution < 1.29 is 0 Å². The van der Waals surface area contributed by atoms with Crippen molar-refractivity contribution in [2.24, 2.45) is 0 Å². The third-order valence-electron chi connectivity index (χ3n) is 2.42. The summed E-state index contributed by atoms with van der Waals surface area (Å²) in [6.07, 6.45) is 5.08. The Balaban J connectivity index is 0.00000144. The van der Waals surface area contributed by atoms with Crippen molar-refractivity contribution in [2.45, 2.75) is 20.0 Å². The molecule has 2 aromatic rings. The van der Waals surface area contributed by atoms with E-state index < -0.39 is 0 Å². The highest BCUT2D eigenvalue weighted by Crippen LogP contribution is 2.02. The molecule has 0 fully saturated rings. The Morgan fingerprint density at radius 1 is 1.41 bits per heavy atom. The molecule has 0 saturated carbocycles. The van der Waals surface area contributed by atoms with Crippen molar-refractivity contribution in [3.8, 4) is 0 Å². The van der Waals surface area contributed by atoms with Crippen LogP contribution in [-0.4, -0.2) is 26.3 Å². The second-order valence-electron chi connectivity index (χ2n) is 3.58. The van der Waals surface area contributed by atoms with Gasteiger partial charge in [-0.2, -0.15) is 5.10 Å². The Kier molecular flexibility index (Phi) is 5.59. The van der Waals surface area contributed by atoms with Crippen LogP contribution < -0.4 is 5.32 Å². The number of aromatic nitrogens is 4. The standard InChI is InChI=1S/C11H15N5.ClH/c1-10-11(3-2-4-14-10)7-12-5-6-16-9-13-8-15-16;/h2-4,8-9,12H,5-7H2,1H3;1H. The molecule has 0 spiro atoms. The molecule has 17 heavy (non-hydrogen) atoms. The lowest BCUT2D eigenvalue weighted by Gasteiger charge is -2.06. The predicted octanol–water partition coefficient (Wildman–Crippen LogP) is 1.19. The average molecular weight is 254 g/mol. The molecule has 5 nitrogen and oxygen atoms in total. The van der Waals surface area contributed by atoms with Crippen molar-refractivity contribution in [1.82, 2.24) is 25.1 Å². The van der Waals surface area contributed by atoms with Gasteiger partial charge in [-0.15, -0.1) is 12.4 Å². The van der Waals surface area contributed by atoms with E-state index in [4.69, 9.17) is 0 Å². The van der Waals surface area contributed by atoms with E-state index in [1.54, 1.807) is 12.7 Å². The monoisotopic (exact) mass is 253 g/mol. The molecule has 0 unspecified atom stereocenters. The van der Waals surface area contributed by atoms with Crippen molar-refractivity contribution >= 4 is 12.4 Å². The van der Waals surface area contributed by atoms with Crippen LogP contribution in [-0.2, 0) is 13.1 Å². The summed E-state index contributed by atoms with van der Waals surface area (Å²) in [5, 5.41) is 7.38. The summed E-state index contributed by atoms with van der Waals surface area (Å²) >= 11 is 0. The highest BCUT2D eigenvalue weighted by Gasteiger charge is 1.97. The minimum Gasteiger partial charge on any atom is -0.311 e. The number of pyridine rings is 1. The second kappa shape index (κ2) is 6.98. The van der Waals surface area contributed by atoms with Crippen LogP contribution in [0.4, 0.5) is 0 Å². The van der Waals surface area contributed by atoms with Gasteiger partial charge >= 0.3 is 0 Å². The number of hydrogen-bond donors (Lipinski definition) is 1. The first kappa shape index (κ1) is 13.6. The molecule has 0 amide bonds. The highest BCUT2D eigenvalue weighted by molar-refractivity contribution is 5.85. The van der Waals surface area contributed by atoms with Crippen LogP contribution in [0.3, 0.4) is 0 Å². The van der Waals surface area contributed by atoms with E-state index in [9.17, 15) is 0 Å². The third kappa shape index (κ3) is 4.13. The summed E-state index contributed by atoms with van der Waals surface area (Å²) in [6, 6.07) is 4.05. The molecule has 0 bridgehead atoms. The maximum atomic E-state index is 4.24. The van der Waals surface area contributed by atoms with E-state index in [-0.39, 0.29) is 12.4 Å². The minimum absolute atomic E-state index is 0. The molecule has 0 aliphatic heterocycles. The van der Waals surface area contributed by atoms with E-state index in [2.05, 4.69) is 26.4 Å². The number of nitrogens with zero attached hydrogens (tertiary/aromatic N) is 4. The van der Waals surface area contributed by atoms with Gasteiger partial charge < -0.3 is 5.32 Å². The van der Waals surface area contributed by atoms with Gasteiger partial charge in [0.1, 0.15) is 12.7 Å². The fourth-order valence-electron chi connectivity index (χ4n) is 1.47. The van der Waals surface area contributed by atoms with E-state index >= 15 is 0 Å². The van der Waals surface area contributed by atoms with Crippen LogP contribution in [0.15, 0.2) is 31.0 Å². The summed E-state index contributed by atoms with van der Waals surface area (Å²) in [5.41, 5.74) is 2.32. The number of aryl methyl sites for hydroxylation is 1. The molecule has 2 heterocycles. The molecule has 1 N–H and O–H groups in total. The Labute approximate surface area is 107 Å². The van der Waals surface area contributed by atoms with Crippen molar-refractivity contribution in [3.63, 3.8) is 0 Å². The quantitative estimate of drug-likeness (QED) is 0.814. The second-order valence-corrected chi connectivity index (χ2v) is 3.58. The minimum atomic E-state index is 0. The zero-order chi connectivity index (χ0) is 11.2. The molecule has 0 saturated heterocycles. The maximum Gasteiger partial charge on any atom is 0.137 e. The molecule has 0 atom stereocenters. The van der Waals surface area contributed by atoms with Crippen LogP contribution in [0, 0.1) is 6.92 Å². The summed E-state index contributed by atoms with van der Waals surface area (Å²) in [4.78, 5) is 8.13. The molecule has 0 aliphatic rings. The normalized spacial score (nSPS) is 9.94. The SMILES string of the molecule is Cc1ncccc1CNCCn1cncn1.Cl. The van der Waals surface area contributed by atoms with Gasteiger partial charge in [-0.25, -0.2) is 4.98 Å². The molecule has 2 aromatic heterocycles. The van der Waals surface area contributed by atoms with Gasteiger partial charge in [0.2, 0.25) is 0 Å². The van der Waals surface area contributed by atoms with E-state index in [1.807, 2.05) is 23.9 Å². The lowest BCUT2D eigenvalue weighted by atomic mass is 10.2. The molecule has 92 valence electrons. The van der Waals surface area contributed by atoms with Gasteiger partial charge in [0.15, 0.2) is 0 Å². The van der Waals surface area contributed by atoms with Crippen molar-refractivity contribution in [3.05, 3.63) is 42.2 Å². The largest absolute Gasteiger partial charge is 0.311 e. The third-order valence-corrected chi connectivity index (χ3v) is 2.42. The zero-order valence-electron chi connectivity index (χ0n) is 9.71. The van der Waals surface area contributed by atoms with Gasteiger partial charge in [-0.05, 0) is 18.6 Å². The van der Waals surface area contributed by atoms with Crippen LogP contribution in [0.2, 0.25) is 0 Å². The molecule has 2 rings (SSSR count). The van der Waals surface area contributed by atoms with Crippen LogP contribution in [0.1, 0.15) is 11.3 Å². The van der Waals surface area contributed by atoms with E-state index in [0.29, 0.717) is 0 Å². The number of halogens is 1. The molecular weight excluding hydrogens is 238 g/mol. The first-order valence-corrected chi connectivity index (χ1v) is 5.30. The Morgan fingerprint density at radius 2 is 2.29 bits per heavy atom. The first-order valence-electron chi connectivity index (χ1n) is 5.30. The summed E-state index contributed by atoms with van der Waals surface area (Å²) < 4.78 is 1.81. The lowest BCUT2D eigenvalue weighted by molar-refractivity contribution is 0.552. The Bertz CT molecular complexity index is 429. The van der Waals surface area contributed by atoms with Crippen LogP contribution >= 0.6 is 12.4 Å². The average Bonchev–Trinajstić information content (AvgIpc) is 2.79. The van der Waals surface area contributed by atoms with Gasteiger partial charge in [0, 0.05) is 25.0 Å². The molecule has 0 aromatic carbocycles. The number of nitrogens with one attached hydrogen (secondary N) is 1. The van der Waals surface area contributed by atoms with E-state index in [1.165, 1.54) is 5.56 Å². The number of rotatable bonds is 5. The number of hydrogen-bond acceptors (Lipinski definition) is 4. The van der Waals surface area contributed by atoms with Crippen molar-refractivity contribution in [1.29, 1.82) is 0 Å². The van der Waals surface area contributed by atoms with Gasteiger partial charge in [0.05, 0.1) is 6.54 Å². The van der Waals surface area contributed by atoms with Crippen molar-refractivity contribution in [2.75, 3.05) is 6.54 Å². The van der Waals surface area contributed by atoms with Gasteiger partial charge in [-0.3, -0.25) is 9.67 Å². The van der Waals surface area contributed by atoms with Gasteiger partial charge in [0.25, 0.3) is 0 Å². The smallest absolute Gasteiger partial charge is 0.137 e. The highest BCUT2D eigenvalue weighted by atomic mass is 35.5. The molecular formula is C11H16ClN5. The predicted molar refractivity (Wildman–Crippen MR) is 68.0 cm³/mol. The molecule has 0 radical (unpaired) electrons. The summed E-state index contributed by atoms with van der Waals surface area (Å²) in [5.74, 6) is 0. The fraction of sp³-hybridized carbons (Fsp3) is 0.364. The molecule has 6 heteroatoms. The lowest BCUT2D eigenvalue weighted by Crippen LogP contribution is -2.20. The van der Waals surface area contributed by atoms with Gasteiger partial charge in [-0.1, -0.05) is 6.07 Å². The Hall–Kier alpha value is -1.46. The van der Waals surface area contributed by atoms with Crippen LogP contribution in [0.25, 0.3) is 0 Å². The molecule has 0 aliphatic carbocycles.